The smallest absolute Gasteiger partial charge is 0.232 e. The second kappa shape index (κ2) is 10.4. The number of amides is 1. The molecule has 0 spiro atoms. The molecule has 1 aromatic carbocycles. The fraction of sp³-hybridized carbons (Fsp3) is 0.474. The molecule has 1 aliphatic heterocycles. The van der Waals surface area contributed by atoms with Crippen LogP contribution in [0, 0.1) is 12.3 Å². The summed E-state index contributed by atoms with van der Waals surface area (Å²) in [6, 6.07) is 9.78. The summed E-state index contributed by atoms with van der Waals surface area (Å²) >= 11 is 0. The molecule has 1 saturated heterocycles. The highest BCUT2D eigenvalue weighted by molar-refractivity contribution is 5.85. The number of nitrogens with zero attached hydrogens (tertiary/aromatic N) is 2. The van der Waals surface area contributed by atoms with Gasteiger partial charge in [-0.05, 0) is 12.5 Å². The number of aliphatic imine (C=N–C) groups is 1. The van der Waals surface area contributed by atoms with Gasteiger partial charge in [0.1, 0.15) is 0 Å². The summed E-state index contributed by atoms with van der Waals surface area (Å²) < 4.78 is 5.35. The molecular weight excluding hydrogens is 316 g/mol. The first-order valence-corrected chi connectivity index (χ1v) is 8.63. The lowest BCUT2D eigenvalue weighted by atomic mass is 9.97. The molecule has 0 saturated carbocycles. The van der Waals surface area contributed by atoms with E-state index in [-0.39, 0.29) is 11.8 Å². The van der Waals surface area contributed by atoms with E-state index in [2.05, 4.69) is 21.5 Å². The first kappa shape index (κ1) is 18.8. The summed E-state index contributed by atoms with van der Waals surface area (Å²) in [5.74, 6) is 2.92. The van der Waals surface area contributed by atoms with Gasteiger partial charge in [0, 0.05) is 19.6 Å². The summed E-state index contributed by atoms with van der Waals surface area (Å²) in [5, 5.41) is 6.19. The average molecular weight is 342 g/mol. The Balaban J connectivity index is 2.16. The van der Waals surface area contributed by atoms with Crippen LogP contribution in [0.2, 0.25) is 0 Å². The fourth-order valence-corrected chi connectivity index (χ4v) is 2.67. The van der Waals surface area contributed by atoms with E-state index in [0.717, 1.165) is 12.1 Å². The van der Waals surface area contributed by atoms with Crippen LogP contribution in [-0.2, 0) is 9.53 Å². The van der Waals surface area contributed by atoms with E-state index in [9.17, 15) is 4.79 Å². The van der Waals surface area contributed by atoms with Gasteiger partial charge in [0.05, 0.1) is 32.2 Å². The van der Waals surface area contributed by atoms with E-state index in [0.29, 0.717) is 45.4 Å². The molecule has 25 heavy (non-hydrogen) atoms. The molecule has 1 atom stereocenters. The summed E-state index contributed by atoms with van der Waals surface area (Å²) in [7, 11) is 0. The number of ether oxygens (including phenoxy) is 1. The van der Waals surface area contributed by atoms with Crippen LogP contribution in [0.4, 0.5) is 0 Å². The number of rotatable bonds is 6. The zero-order valence-electron chi connectivity index (χ0n) is 14.7. The summed E-state index contributed by atoms with van der Waals surface area (Å²) in [5.41, 5.74) is 0.968. The lowest BCUT2D eigenvalue weighted by Gasteiger charge is -2.30. The normalized spacial score (nSPS) is 16.0. The molecule has 1 aromatic rings. The molecule has 1 heterocycles. The van der Waals surface area contributed by atoms with E-state index in [1.807, 2.05) is 42.2 Å². The summed E-state index contributed by atoms with van der Waals surface area (Å²) in [6.07, 6.45) is 5.30. The van der Waals surface area contributed by atoms with Gasteiger partial charge in [-0.2, -0.15) is 0 Å². The Labute approximate surface area is 149 Å². The molecule has 6 heteroatoms. The van der Waals surface area contributed by atoms with Gasteiger partial charge < -0.3 is 20.3 Å². The van der Waals surface area contributed by atoms with Gasteiger partial charge in [-0.3, -0.25) is 9.79 Å². The van der Waals surface area contributed by atoms with Gasteiger partial charge in [0.25, 0.3) is 0 Å². The highest BCUT2D eigenvalue weighted by Crippen LogP contribution is 2.20. The number of carbonyl (C=O) groups is 1. The molecule has 6 nitrogen and oxygen atoms in total. The third-order valence-electron chi connectivity index (χ3n) is 3.96. The van der Waals surface area contributed by atoms with Crippen LogP contribution in [0.5, 0.6) is 0 Å². The molecular formula is C19H26N4O2. The average Bonchev–Trinajstić information content (AvgIpc) is 2.67. The lowest BCUT2D eigenvalue weighted by Crippen LogP contribution is -2.44. The Bertz CT molecular complexity index is 604. The molecule has 2 rings (SSSR count). The molecule has 2 N–H and O–H groups in total. The van der Waals surface area contributed by atoms with Crippen molar-refractivity contribution in [2.45, 2.75) is 12.8 Å². The van der Waals surface area contributed by atoms with Gasteiger partial charge in [0.15, 0.2) is 5.96 Å². The molecule has 0 aromatic heterocycles. The van der Waals surface area contributed by atoms with Crippen molar-refractivity contribution in [1.29, 1.82) is 0 Å². The van der Waals surface area contributed by atoms with Crippen LogP contribution in [-0.4, -0.2) is 62.7 Å². The van der Waals surface area contributed by atoms with Gasteiger partial charge >= 0.3 is 0 Å². The number of nitrogens with one attached hydrogen (secondary N) is 2. The van der Waals surface area contributed by atoms with Gasteiger partial charge in [-0.15, -0.1) is 6.42 Å². The largest absolute Gasteiger partial charge is 0.378 e. The van der Waals surface area contributed by atoms with Crippen molar-refractivity contribution in [2.24, 2.45) is 4.99 Å². The van der Waals surface area contributed by atoms with E-state index < -0.39 is 0 Å². The zero-order valence-corrected chi connectivity index (χ0v) is 14.7. The number of guanidine groups is 1. The Kier molecular flexibility index (Phi) is 7.80. The number of carbonyl (C=O) groups excluding carboxylic acids is 1. The second-order valence-corrected chi connectivity index (χ2v) is 5.68. The lowest BCUT2D eigenvalue weighted by molar-refractivity contribution is -0.136. The van der Waals surface area contributed by atoms with Crippen molar-refractivity contribution in [3.05, 3.63) is 35.9 Å². The first-order valence-electron chi connectivity index (χ1n) is 8.63. The molecule has 1 unspecified atom stereocenters. The number of morpholine rings is 1. The quantitative estimate of drug-likeness (QED) is 0.456. The molecule has 0 bridgehead atoms. The van der Waals surface area contributed by atoms with Crippen molar-refractivity contribution >= 4 is 11.9 Å². The van der Waals surface area contributed by atoms with Crippen LogP contribution in [0.15, 0.2) is 35.3 Å². The van der Waals surface area contributed by atoms with Gasteiger partial charge in [0.2, 0.25) is 5.91 Å². The van der Waals surface area contributed by atoms with Crippen molar-refractivity contribution in [1.82, 2.24) is 15.5 Å². The van der Waals surface area contributed by atoms with Gasteiger partial charge in [-0.1, -0.05) is 36.3 Å². The predicted molar refractivity (Wildman–Crippen MR) is 99.4 cm³/mol. The van der Waals surface area contributed by atoms with Crippen molar-refractivity contribution in [3.8, 4) is 12.3 Å². The van der Waals surface area contributed by atoms with Crippen LogP contribution in [0.25, 0.3) is 0 Å². The Morgan fingerprint density at radius 1 is 1.32 bits per heavy atom. The minimum absolute atomic E-state index is 0.0889. The number of hydrogen-bond donors (Lipinski definition) is 2. The fourth-order valence-electron chi connectivity index (χ4n) is 2.67. The first-order chi connectivity index (χ1) is 12.3. The SMILES string of the molecule is C#CCNC(=NCC(C(=O)N1CCOCC1)c1ccccc1)NCC. The van der Waals surface area contributed by atoms with Crippen LogP contribution in [0.3, 0.4) is 0 Å². The number of hydrogen-bond acceptors (Lipinski definition) is 3. The molecule has 0 aliphatic carbocycles. The molecule has 1 amide bonds. The number of terminal acetylenes is 1. The maximum Gasteiger partial charge on any atom is 0.232 e. The third kappa shape index (κ3) is 5.80. The summed E-state index contributed by atoms with van der Waals surface area (Å²) in [4.78, 5) is 19.4. The highest BCUT2D eigenvalue weighted by Gasteiger charge is 2.27. The maximum absolute atomic E-state index is 13.0. The maximum atomic E-state index is 13.0. The van der Waals surface area contributed by atoms with E-state index in [1.165, 1.54) is 0 Å². The molecule has 1 aliphatic rings. The van der Waals surface area contributed by atoms with Crippen molar-refractivity contribution < 1.29 is 9.53 Å². The Morgan fingerprint density at radius 2 is 2.04 bits per heavy atom. The monoisotopic (exact) mass is 342 g/mol. The Hall–Kier alpha value is -2.52. The standard InChI is InChI=1S/C19H26N4O2/c1-3-10-21-19(20-4-2)22-15-17(16-8-6-5-7-9-16)18(24)23-11-13-25-14-12-23/h1,5-9,17H,4,10-15H2,2H3,(H2,20,21,22). The molecule has 1 fully saturated rings. The van der Waals surface area contributed by atoms with E-state index >= 15 is 0 Å². The van der Waals surface area contributed by atoms with Crippen LogP contribution >= 0.6 is 0 Å². The predicted octanol–water partition coefficient (Wildman–Crippen LogP) is 0.817. The summed E-state index contributed by atoms with van der Waals surface area (Å²) in [6.45, 7) is 5.89. The van der Waals surface area contributed by atoms with Crippen molar-refractivity contribution in [2.75, 3.05) is 45.9 Å². The van der Waals surface area contributed by atoms with Gasteiger partial charge in [-0.25, -0.2) is 0 Å². The van der Waals surface area contributed by atoms with Crippen LogP contribution < -0.4 is 10.6 Å². The highest BCUT2D eigenvalue weighted by atomic mass is 16.5. The Morgan fingerprint density at radius 3 is 2.68 bits per heavy atom. The minimum atomic E-state index is -0.319. The van der Waals surface area contributed by atoms with E-state index in [1.54, 1.807) is 0 Å². The van der Waals surface area contributed by atoms with Crippen LogP contribution in [0.1, 0.15) is 18.4 Å². The van der Waals surface area contributed by atoms with E-state index in [4.69, 9.17) is 11.2 Å². The molecule has 0 radical (unpaired) electrons. The minimum Gasteiger partial charge on any atom is -0.378 e. The van der Waals surface area contributed by atoms with Crippen molar-refractivity contribution in [3.63, 3.8) is 0 Å². The topological polar surface area (TPSA) is 66.0 Å². The third-order valence-corrected chi connectivity index (χ3v) is 3.96. The zero-order chi connectivity index (χ0) is 17.9. The molecule has 134 valence electrons. The number of benzene rings is 1. The second-order valence-electron chi connectivity index (χ2n) is 5.68.